The van der Waals surface area contributed by atoms with Crippen LogP contribution in [-0.4, -0.2) is 73.2 Å². The van der Waals surface area contributed by atoms with Crippen LogP contribution in [0.2, 0.25) is 0 Å². The van der Waals surface area contributed by atoms with E-state index < -0.39 is 0 Å². The number of ether oxygens (including phenoxy) is 1. The lowest BCUT2D eigenvalue weighted by molar-refractivity contribution is -0.138. The summed E-state index contributed by atoms with van der Waals surface area (Å²) < 4.78 is 5.80. The summed E-state index contributed by atoms with van der Waals surface area (Å²) in [7, 11) is 0. The molecule has 0 aromatic carbocycles. The van der Waals surface area contributed by atoms with Gasteiger partial charge in [0.05, 0.1) is 12.1 Å². The Morgan fingerprint density at radius 1 is 1.24 bits per heavy atom. The highest BCUT2D eigenvalue weighted by molar-refractivity contribution is 5.82. The van der Waals surface area contributed by atoms with Gasteiger partial charge in [-0.15, -0.1) is 0 Å². The van der Waals surface area contributed by atoms with Crippen LogP contribution in [0.4, 0.5) is 0 Å². The van der Waals surface area contributed by atoms with Crippen LogP contribution in [0.1, 0.15) is 39.0 Å². The average Bonchev–Trinajstić information content (AvgIpc) is 3.04. The first-order valence-electron chi connectivity index (χ1n) is 8.66. The van der Waals surface area contributed by atoms with Crippen molar-refractivity contribution < 1.29 is 9.53 Å². The Bertz CT molecular complexity index is 357. The van der Waals surface area contributed by atoms with E-state index >= 15 is 0 Å². The second kappa shape index (κ2) is 7.07. The predicted molar refractivity (Wildman–Crippen MR) is 82.2 cm³/mol. The number of hydrogen-bond donors (Lipinski definition) is 1. The van der Waals surface area contributed by atoms with E-state index in [0.717, 1.165) is 71.4 Å². The minimum Gasteiger partial charge on any atom is -0.378 e. The molecule has 3 rings (SSSR count). The summed E-state index contributed by atoms with van der Waals surface area (Å²) >= 11 is 0. The van der Waals surface area contributed by atoms with Gasteiger partial charge in [0, 0.05) is 38.8 Å². The zero-order valence-electron chi connectivity index (χ0n) is 13.2. The third-order valence-corrected chi connectivity index (χ3v) is 5.27. The summed E-state index contributed by atoms with van der Waals surface area (Å²) in [6.45, 7) is 7.75. The molecule has 3 atom stereocenters. The number of piperazine rings is 1. The van der Waals surface area contributed by atoms with Crippen molar-refractivity contribution >= 4 is 5.91 Å². The third kappa shape index (κ3) is 3.41. The van der Waals surface area contributed by atoms with Crippen molar-refractivity contribution in [3.05, 3.63) is 0 Å². The fraction of sp³-hybridized carbons (Fsp3) is 0.938. The van der Waals surface area contributed by atoms with E-state index in [-0.39, 0.29) is 6.04 Å². The summed E-state index contributed by atoms with van der Waals surface area (Å²) in [4.78, 5) is 17.4. The van der Waals surface area contributed by atoms with Gasteiger partial charge in [-0.1, -0.05) is 6.92 Å². The van der Waals surface area contributed by atoms with Crippen LogP contribution < -0.4 is 5.32 Å². The average molecular weight is 295 g/mol. The number of carbonyl (C=O) groups excluding carboxylic acids is 1. The molecule has 0 spiro atoms. The summed E-state index contributed by atoms with van der Waals surface area (Å²) in [5, 5.41) is 3.32. The van der Waals surface area contributed by atoms with Crippen LogP contribution in [0.15, 0.2) is 0 Å². The highest BCUT2D eigenvalue weighted by Gasteiger charge is 2.39. The fourth-order valence-electron chi connectivity index (χ4n) is 4.03. The lowest BCUT2D eigenvalue weighted by Crippen LogP contribution is -2.55. The molecule has 0 bridgehead atoms. The third-order valence-electron chi connectivity index (χ3n) is 5.27. The van der Waals surface area contributed by atoms with Gasteiger partial charge in [-0.05, 0) is 38.6 Å². The summed E-state index contributed by atoms with van der Waals surface area (Å²) in [5.41, 5.74) is 0. The van der Waals surface area contributed by atoms with Gasteiger partial charge < -0.3 is 15.0 Å². The van der Waals surface area contributed by atoms with Crippen LogP contribution >= 0.6 is 0 Å². The van der Waals surface area contributed by atoms with Gasteiger partial charge in [0.15, 0.2) is 0 Å². The van der Waals surface area contributed by atoms with Gasteiger partial charge in [-0.25, -0.2) is 0 Å². The van der Waals surface area contributed by atoms with E-state index in [4.69, 9.17) is 4.74 Å². The van der Waals surface area contributed by atoms with Crippen LogP contribution in [0.5, 0.6) is 0 Å². The molecule has 0 radical (unpaired) electrons. The van der Waals surface area contributed by atoms with Gasteiger partial charge in [-0.3, -0.25) is 9.69 Å². The van der Waals surface area contributed by atoms with Crippen molar-refractivity contribution in [3.8, 4) is 0 Å². The van der Waals surface area contributed by atoms with E-state index in [1.54, 1.807) is 0 Å². The van der Waals surface area contributed by atoms with Gasteiger partial charge in [-0.2, -0.15) is 0 Å². The molecule has 0 saturated carbocycles. The molecule has 1 amide bonds. The largest absolute Gasteiger partial charge is 0.378 e. The molecule has 0 aromatic rings. The van der Waals surface area contributed by atoms with Crippen molar-refractivity contribution in [2.45, 2.75) is 57.2 Å². The topological polar surface area (TPSA) is 44.8 Å². The monoisotopic (exact) mass is 295 g/mol. The van der Waals surface area contributed by atoms with E-state index in [9.17, 15) is 4.79 Å². The van der Waals surface area contributed by atoms with Crippen LogP contribution in [0, 0.1) is 0 Å². The van der Waals surface area contributed by atoms with Crippen LogP contribution in [0.25, 0.3) is 0 Å². The van der Waals surface area contributed by atoms with Crippen LogP contribution in [-0.2, 0) is 9.53 Å². The molecule has 1 N–H and O–H groups in total. The maximum Gasteiger partial charge on any atom is 0.240 e. The molecule has 3 aliphatic rings. The van der Waals surface area contributed by atoms with Crippen molar-refractivity contribution in [1.29, 1.82) is 0 Å². The minimum atomic E-state index is 0.128. The highest BCUT2D eigenvalue weighted by Crippen LogP contribution is 2.29. The first-order valence-corrected chi connectivity index (χ1v) is 8.66. The number of hydrogen-bond acceptors (Lipinski definition) is 4. The smallest absolute Gasteiger partial charge is 0.240 e. The van der Waals surface area contributed by atoms with Gasteiger partial charge >= 0.3 is 0 Å². The second-order valence-corrected chi connectivity index (χ2v) is 6.55. The fourth-order valence-corrected chi connectivity index (χ4v) is 4.03. The molecule has 3 unspecified atom stereocenters. The molecular formula is C16H29N3O2. The number of nitrogens with zero attached hydrogens (tertiary/aromatic N) is 2. The van der Waals surface area contributed by atoms with E-state index in [1.807, 2.05) is 0 Å². The first-order chi connectivity index (χ1) is 10.3. The maximum atomic E-state index is 12.8. The van der Waals surface area contributed by atoms with E-state index in [2.05, 4.69) is 22.0 Å². The molecule has 120 valence electrons. The molecule has 0 aliphatic carbocycles. The predicted octanol–water partition coefficient (Wildman–Crippen LogP) is 0.840. The Kier molecular flexibility index (Phi) is 5.14. The zero-order valence-corrected chi connectivity index (χ0v) is 13.2. The number of nitrogens with one attached hydrogen (secondary N) is 1. The lowest BCUT2D eigenvalue weighted by Gasteiger charge is -2.39. The Morgan fingerprint density at radius 3 is 2.81 bits per heavy atom. The van der Waals surface area contributed by atoms with E-state index in [1.165, 1.54) is 0 Å². The van der Waals surface area contributed by atoms with Gasteiger partial charge in [0.25, 0.3) is 0 Å². The standard InChI is InChI=1S/C16H29N3O2/c1-2-14-12-13(5-11-21-14)19-8-3-4-15(19)16(20)18-9-6-17-7-10-18/h13-15,17H,2-12H2,1H3. The molecule has 3 saturated heterocycles. The summed E-state index contributed by atoms with van der Waals surface area (Å²) in [5.74, 6) is 0.369. The number of amides is 1. The molecule has 21 heavy (non-hydrogen) atoms. The Hall–Kier alpha value is -0.650. The Morgan fingerprint density at radius 2 is 2.05 bits per heavy atom. The number of likely N-dealkylation sites (tertiary alicyclic amines) is 1. The Labute approximate surface area is 128 Å². The summed E-state index contributed by atoms with van der Waals surface area (Å²) in [6.07, 6.45) is 5.86. The van der Waals surface area contributed by atoms with Crippen molar-refractivity contribution in [2.24, 2.45) is 0 Å². The lowest BCUT2D eigenvalue weighted by atomic mass is 9.99. The quantitative estimate of drug-likeness (QED) is 0.838. The zero-order chi connectivity index (χ0) is 14.7. The molecular weight excluding hydrogens is 266 g/mol. The van der Waals surface area contributed by atoms with Crippen LogP contribution in [0.3, 0.4) is 0 Å². The molecule has 3 heterocycles. The highest BCUT2D eigenvalue weighted by atomic mass is 16.5. The van der Waals surface area contributed by atoms with Crippen molar-refractivity contribution in [1.82, 2.24) is 15.1 Å². The van der Waals surface area contributed by atoms with Gasteiger partial charge in [0.1, 0.15) is 0 Å². The molecule has 5 nitrogen and oxygen atoms in total. The van der Waals surface area contributed by atoms with E-state index in [0.29, 0.717) is 18.1 Å². The first kappa shape index (κ1) is 15.3. The summed E-state index contributed by atoms with van der Waals surface area (Å²) in [6, 6.07) is 0.673. The molecule has 0 aromatic heterocycles. The Balaban J connectivity index is 1.62. The maximum absolute atomic E-state index is 12.8. The van der Waals surface area contributed by atoms with Crippen molar-refractivity contribution in [3.63, 3.8) is 0 Å². The molecule has 3 aliphatic heterocycles. The normalized spacial score (nSPS) is 35.1. The molecule has 3 fully saturated rings. The number of rotatable bonds is 3. The van der Waals surface area contributed by atoms with Gasteiger partial charge in [0.2, 0.25) is 5.91 Å². The van der Waals surface area contributed by atoms with Crippen molar-refractivity contribution in [2.75, 3.05) is 39.3 Å². The number of carbonyl (C=O) groups is 1. The minimum absolute atomic E-state index is 0.128. The second-order valence-electron chi connectivity index (χ2n) is 6.55. The molecule has 5 heteroatoms. The SMILES string of the molecule is CCC1CC(N2CCCC2C(=O)N2CCNCC2)CCO1.